The molecule has 0 atom stereocenters. The van der Waals surface area contributed by atoms with Crippen molar-refractivity contribution in [3.05, 3.63) is 70.7 Å². The van der Waals surface area contributed by atoms with Gasteiger partial charge in [-0.05, 0) is 48.7 Å². The van der Waals surface area contributed by atoms with Crippen molar-refractivity contribution in [3.8, 4) is 6.57 Å². The lowest BCUT2D eigenvalue weighted by Gasteiger charge is -1.94. The molecule has 0 spiro atoms. The molecular weight excluding hydrogens is 489 g/mol. The van der Waals surface area contributed by atoms with Crippen LogP contribution in [0, 0.1) is 11.8 Å². The van der Waals surface area contributed by atoms with Gasteiger partial charge >= 0.3 is 0 Å². The van der Waals surface area contributed by atoms with E-state index in [0.717, 1.165) is 0 Å². The van der Waals surface area contributed by atoms with Gasteiger partial charge in [-0.1, -0.05) is 62.2 Å². The Morgan fingerprint density at radius 3 is 1.48 bits per heavy atom. The van der Waals surface area contributed by atoms with E-state index in [2.05, 4.69) is 44.9 Å². The number of benzene rings is 2. The fraction of sp³-hybridized carbons (Fsp3) is 0.167. The van der Waals surface area contributed by atoms with Gasteiger partial charge in [-0.25, -0.2) is 5.26 Å². The Morgan fingerprint density at radius 1 is 0.880 bits per heavy atom. The van der Waals surface area contributed by atoms with Crippen LogP contribution in [0.2, 0.25) is 5.02 Å². The van der Waals surface area contributed by atoms with Gasteiger partial charge in [0.2, 0.25) is 0 Å². The predicted molar refractivity (Wildman–Crippen MR) is 125 cm³/mol. The van der Waals surface area contributed by atoms with Crippen LogP contribution in [0.3, 0.4) is 0 Å². The zero-order valence-electron chi connectivity index (χ0n) is 13.9. The smallest absolute Gasteiger partial charge is 0.188 e. The Kier molecular flexibility index (Phi) is 21.8. The summed E-state index contributed by atoms with van der Waals surface area (Å²) < 4.78 is 0. The molecule has 0 aliphatic heterocycles. The van der Waals surface area contributed by atoms with Crippen molar-refractivity contribution in [2.45, 2.75) is 20.3 Å². The predicted octanol–water partition coefficient (Wildman–Crippen LogP) is 6.67. The average molecular weight is 510 g/mol. The first-order chi connectivity index (χ1) is 11.4. The standard InChI is InChI=1S/C7H5ClOS.C7H6OS.C3H8.CHN.HI/c8-6-3-1-5(2-4-6)7(9)10;8-7(9)6-4-2-1-3-5-6;1-3-2;1-2;/h1-4H,(H,9,10);1-5H,(H,8,9);3H2,1-2H3;1H;1H. The highest BCUT2D eigenvalue weighted by Gasteiger charge is 1.95. The van der Waals surface area contributed by atoms with Crippen LogP contribution in [0.15, 0.2) is 54.6 Å². The minimum Gasteiger partial charge on any atom is -0.499 e. The van der Waals surface area contributed by atoms with Crippen LogP contribution in [-0.2, 0) is 0 Å². The van der Waals surface area contributed by atoms with Gasteiger partial charge in [0, 0.05) is 22.7 Å². The van der Waals surface area contributed by atoms with Crippen molar-refractivity contribution in [2.24, 2.45) is 0 Å². The number of rotatable bonds is 2. The van der Waals surface area contributed by atoms with Gasteiger partial charge in [-0.2, -0.15) is 0 Å². The number of nitrogens with zero attached hydrogens (tertiary/aromatic N) is 1. The van der Waals surface area contributed by atoms with Crippen LogP contribution >= 0.6 is 60.0 Å². The first-order valence-electron chi connectivity index (χ1n) is 6.95. The summed E-state index contributed by atoms with van der Waals surface area (Å²) in [4.78, 5) is 0. The largest absolute Gasteiger partial charge is 0.499 e. The molecule has 3 nitrogen and oxygen atoms in total. The molecular formula is C18H21ClINO2S2. The van der Waals surface area contributed by atoms with Crippen molar-refractivity contribution < 1.29 is 10.2 Å². The van der Waals surface area contributed by atoms with Gasteiger partial charge in [0.05, 0.1) is 0 Å². The molecule has 0 saturated carbocycles. The Hall–Kier alpha value is -1.27. The summed E-state index contributed by atoms with van der Waals surface area (Å²) in [6.45, 7) is 7.75. The minimum atomic E-state index is -0.100. The van der Waals surface area contributed by atoms with Gasteiger partial charge in [0.25, 0.3) is 0 Å². The number of thiocarbonyl (C=S) groups is 2. The van der Waals surface area contributed by atoms with Crippen molar-refractivity contribution in [1.82, 2.24) is 0 Å². The second-order valence-electron chi connectivity index (χ2n) is 4.19. The molecule has 0 bridgehead atoms. The summed E-state index contributed by atoms with van der Waals surface area (Å²) in [6, 6.07) is 15.8. The van der Waals surface area contributed by atoms with E-state index in [0.29, 0.717) is 16.1 Å². The highest BCUT2D eigenvalue weighted by Crippen LogP contribution is 2.09. The molecule has 2 rings (SSSR count). The molecule has 7 heteroatoms. The average Bonchev–Trinajstić information content (AvgIpc) is 2.59. The first-order valence-corrected chi connectivity index (χ1v) is 8.14. The Labute approximate surface area is 182 Å². The van der Waals surface area contributed by atoms with Gasteiger partial charge in [0.15, 0.2) is 10.1 Å². The Morgan fingerprint density at radius 2 is 1.20 bits per heavy atom. The first kappa shape index (κ1) is 28.5. The number of hydrogen-bond donors (Lipinski definition) is 2. The van der Waals surface area contributed by atoms with Crippen LogP contribution < -0.4 is 0 Å². The Bertz CT molecular complexity index is 620. The molecule has 0 aliphatic rings. The maximum absolute atomic E-state index is 8.80. The zero-order chi connectivity index (χ0) is 19.0. The maximum atomic E-state index is 8.80. The molecule has 136 valence electrons. The van der Waals surface area contributed by atoms with Crippen molar-refractivity contribution in [1.29, 1.82) is 5.26 Å². The van der Waals surface area contributed by atoms with E-state index in [1.54, 1.807) is 36.4 Å². The molecule has 0 aromatic heterocycles. The molecule has 2 aromatic rings. The lowest BCUT2D eigenvalue weighted by Crippen LogP contribution is -1.92. The minimum absolute atomic E-state index is 0. The quantitative estimate of drug-likeness (QED) is 0.350. The summed E-state index contributed by atoms with van der Waals surface area (Å²) in [7, 11) is 0. The molecule has 0 heterocycles. The molecule has 0 unspecified atom stereocenters. The highest BCUT2D eigenvalue weighted by molar-refractivity contribution is 14.0. The summed E-state index contributed by atoms with van der Waals surface area (Å²) in [6.07, 6.45) is 1.25. The van der Waals surface area contributed by atoms with Gasteiger partial charge in [-0.3, -0.25) is 0 Å². The number of aliphatic hydroxyl groups is 2. The number of nitriles is 1. The van der Waals surface area contributed by atoms with Crippen molar-refractivity contribution >= 4 is 70.1 Å². The van der Waals surface area contributed by atoms with Crippen molar-refractivity contribution in [3.63, 3.8) is 0 Å². The maximum Gasteiger partial charge on any atom is 0.188 e. The van der Waals surface area contributed by atoms with Crippen LogP contribution in [-0.4, -0.2) is 20.3 Å². The van der Waals surface area contributed by atoms with E-state index in [1.165, 1.54) is 6.42 Å². The van der Waals surface area contributed by atoms with Gasteiger partial charge in [-0.15, -0.1) is 24.0 Å². The molecule has 25 heavy (non-hydrogen) atoms. The van der Waals surface area contributed by atoms with Crippen LogP contribution in [0.25, 0.3) is 0 Å². The molecule has 0 fully saturated rings. The van der Waals surface area contributed by atoms with E-state index < -0.39 is 0 Å². The number of hydrogen-bond acceptors (Lipinski definition) is 3. The third-order valence-electron chi connectivity index (χ3n) is 2.11. The molecule has 0 saturated heterocycles. The van der Waals surface area contributed by atoms with Gasteiger partial charge < -0.3 is 10.2 Å². The van der Waals surface area contributed by atoms with E-state index in [4.69, 9.17) is 27.1 Å². The van der Waals surface area contributed by atoms with Crippen molar-refractivity contribution in [2.75, 3.05) is 0 Å². The zero-order valence-corrected chi connectivity index (χ0v) is 18.6. The fourth-order valence-electron chi connectivity index (χ4n) is 1.17. The van der Waals surface area contributed by atoms with E-state index in [-0.39, 0.29) is 34.1 Å². The van der Waals surface area contributed by atoms with Crippen LogP contribution in [0.5, 0.6) is 0 Å². The summed E-state index contributed by atoms with van der Waals surface area (Å²) in [5.74, 6) is 0. The van der Waals surface area contributed by atoms with Gasteiger partial charge in [0.1, 0.15) is 0 Å². The summed E-state index contributed by atoms with van der Waals surface area (Å²) in [5.41, 5.74) is 1.33. The van der Waals surface area contributed by atoms with Crippen LogP contribution in [0.4, 0.5) is 0 Å². The van der Waals surface area contributed by atoms with E-state index in [9.17, 15) is 0 Å². The number of aliphatic hydroxyl groups excluding tert-OH is 2. The summed E-state index contributed by atoms with van der Waals surface area (Å²) >= 11 is 14.6. The topological polar surface area (TPSA) is 64.2 Å². The molecule has 0 aliphatic carbocycles. The molecule has 2 N–H and O–H groups in total. The molecule has 0 radical (unpaired) electrons. The lowest BCUT2D eigenvalue weighted by atomic mass is 10.2. The Balaban J connectivity index is -0.000000300. The third-order valence-corrected chi connectivity index (χ3v) is 2.84. The molecule has 0 amide bonds. The summed E-state index contributed by atoms with van der Waals surface area (Å²) in [5, 5.41) is 24.6. The molecule has 2 aromatic carbocycles. The fourth-order valence-corrected chi connectivity index (χ4v) is 1.57. The van der Waals surface area contributed by atoms with E-state index in [1.807, 2.05) is 18.2 Å². The van der Waals surface area contributed by atoms with E-state index >= 15 is 0 Å². The second kappa shape index (κ2) is 19.1. The number of halogens is 2. The second-order valence-corrected chi connectivity index (χ2v) is 5.40. The third kappa shape index (κ3) is 16.0. The lowest BCUT2D eigenvalue weighted by molar-refractivity contribution is 0.570. The monoisotopic (exact) mass is 509 g/mol. The SMILES string of the molecule is C#N.CCC.I.OC(=S)c1ccc(Cl)cc1.OC(=S)c1ccccc1. The normalized spacial score (nSPS) is 7.72. The van der Waals surface area contributed by atoms with Crippen LogP contribution in [0.1, 0.15) is 31.4 Å². The highest BCUT2D eigenvalue weighted by atomic mass is 127.